The van der Waals surface area contributed by atoms with Crippen LogP contribution in [0.4, 0.5) is 11.8 Å². The van der Waals surface area contributed by atoms with Gasteiger partial charge in [0.1, 0.15) is 5.82 Å². The third kappa shape index (κ3) is 7.13. The van der Waals surface area contributed by atoms with Gasteiger partial charge >= 0.3 is 0 Å². The molecule has 2 heterocycles. The zero-order chi connectivity index (χ0) is 18.3. The van der Waals surface area contributed by atoms with Crippen molar-refractivity contribution in [2.75, 3.05) is 36.6 Å². The number of hydrogen-bond acceptors (Lipinski definition) is 7. The molecule has 1 saturated heterocycles. The lowest BCUT2D eigenvalue weighted by atomic mass is 9.94. The van der Waals surface area contributed by atoms with Crippen LogP contribution in [-0.2, 0) is 14.8 Å². The van der Waals surface area contributed by atoms with Gasteiger partial charge in [0.05, 0.1) is 18.4 Å². The maximum absolute atomic E-state index is 11.0. The van der Waals surface area contributed by atoms with Crippen LogP contribution in [0, 0.1) is 5.92 Å². The summed E-state index contributed by atoms with van der Waals surface area (Å²) in [6, 6.07) is 2.10. The van der Waals surface area contributed by atoms with E-state index in [2.05, 4.69) is 39.2 Å². The van der Waals surface area contributed by atoms with Crippen LogP contribution in [0.3, 0.4) is 0 Å². The Kier molecular flexibility index (Phi) is 7.39. The zero-order valence-electron chi connectivity index (χ0n) is 15.2. The summed E-state index contributed by atoms with van der Waals surface area (Å²) in [5, 5.41) is 6.58. The first-order valence-electron chi connectivity index (χ1n) is 8.75. The minimum absolute atomic E-state index is 0.183. The minimum atomic E-state index is -3.14. The largest absolute Gasteiger partial charge is 0.376 e. The lowest BCUT2D eigenvalue weighted by Gasteiger charge is -2.35. The number of rotatable bonds is 9. The third-order valence-electron chi connectivity index (χ3n) is 4.01. The molecule has 25 heavy (non-hydrogen) atoms. The second-order valence-corrected chi connectivity index (χ2v) is 8.52. The molecule has 0 saturated carbocycles. The van der Waals surface area contributed by atoms with E-state index in [1.807, 2.05) is 6.07 Å². The lowest BCUT2D eigenvalue weighted by molar-refractivity contribution is -0.0203. The van der Waals surface area contributed by atoms with Gasteiger partial charge in [0.15, 0.2) is 0 Å². The first-order chi connectivity index (χ1) is 11.8. The second-order valence-electron chi connectivity index (χ2n) is 6.68. The Bertz CT molecular complexity index is 638. The summed E-state index contributed by atoms with van der Waals surface area (Å²) < 4.78 is 30.3. The Morgan fingerprint density at radius 3 is 2.88 bits per heavy atom. The SMILES string of the molecule is CC(C)[C@@H]1OCCC[C@@H]1Nc1ccnc(NCCCNS(C)(=O)=O)n1. The highest BCUT2D eigenvalue weighted by molar-refractivity contribution is 7.88. The number of hydrogen-bond donors (Lipinski definition) is 3. The number of nitrogens with zero attached hydrogens (tertiary/aromatic N) is 2. The van der Waals surface area contributed by atoms with Crippen LogP contribution >= 0.6 is 0 Å². The highest BCUT2D eigenvalue weighted by Crippen LogP contribution is 2.23. The molecule has 1 aromatic heterocycles. The monoisotopic (exact) mass is 371 g/mol. The molecule has 3 N–H and O–H groups in total. The highest BCUT2D eigenvalue weighted by atomic mass is 32.2. The van der Waals surface area contributed by atoms with Crippen LogP contribution in [0.1, 0.15) is 33.1 Å². The molecule has 1 aliphatic heterocycles. The van der Waals surface area contributed by atoms with Gasteiger partial charge in [-0.3, -0.25) is 0 Å². The number of ether oxygens (including phenoxy) is 1. The van der Waals surface area contributed by atoms with Gasteiger partial charge < -0.3 is 15.4 Å². The fraction of sp³-hybridized carbons (Fsp3) is 0.750. The fourth-order valence-electron chi connectivity index (χ4n) is 2.87. The molecule has 1 aliphatic rings. The van der Waals surface area contributed by atoms with Crippen LogP contribution in [0.5, 0.6) is 0 Å². The standard InChI is InChI=1S/C16H29N5O3S/c1-12(2)15-13(6-4-11-24-15)20-14-7-10-18-16(21-14)17-8-5-9-19-25(3,22)23/h7,10,12-13,15,19H,4-6,8-9,11H2,1-3H3,(H2,17,18,20,21)/t13-,15-/m0/s1. The summed E-state index contributed by atoms with van der Waals surface area (Å²) in [5.74, 6) is 1.75. The van der Waals surface area contributed by atoms with Crippen molar-refractivity contribution in [1.82, 2.24) is 14.7 Å². The molecule has 2 atom stereocenters. The second kappa shape index (κ2) is 9.30. The number of nitrogens with one attached hydrogen (secondary N) is 3. The predicted molar refractivity (Wildman–Crippen MR) is 99.2 cm³/mol. The highest BCUT2D eigenvalue weighted by Gasteiger charge is 2.28. The smallest absolute Gasteiger partial charge is 0.224 e. The molecule has 0 unspecified atom stereocenters. The van der Waals surface area contributed by atoms with Crippen molar-refractivity contribution in [2.24, 2.45) is 5.92 Å². The van der Waals surface area contributed by atoms with E-state index in [0.29, 0.717) is 31.4 Å². The number of sulfonamides is 1. The van der Waals surface area contributed by atoms with Crippen LogP contribution in [0.15, 0.2) is 12.3 Å². The van der Waals surface area contributed by atoms with Gasteiger partial charge in [-0.25, -0.2) is 18.1 Å². The summed E-state index contributed by atoms with van der Waals surface area (Å²) in [4.78, 5) is 8.68. The van der Waals surface area contributed by atoms with Gasteiger partial charge in [-0.05, 0) is 31.2 Å². The minimum Gasteiger partial charge on any atom is -0.376 e. The Hall–Kier alpha value is -1.45. The summed E-state index contributed by atoms with van der Waals surface area (Å²) in [6.45, 7) is 6.13. The maximum Gasteiger partial charge on any atom is 0.224 e. The first-order valence-corrected chi connectivity index (χ1v) is 10.6. The van der Waals surface area contributed by atoms with Crippen molar-refractivity contribution in [1.29, 1.82) is 0 Å². The molecule has 1 fully saturated rings. The van der Waals surface area contributed by atoms with Gasteiger partial charge in [0.2, 0.25) is 16.0 Å². The van der Waals surface area contributed by atoms with E-state index in [-0.39, 0.29) is 12.1 Å². The average Bonchev–Trinajstić information content (AvgIpc) is 2.54. The molecular formula is C16H29N5O3S. The Morgan fingerprint density at radius 2 is 2.16 bits per heavy atom. The van der Waals surface area contributed by atoms with E-state index in [4.69, 9.17) is 4.74 Å². The molecule has 0 amide bonds. The van der Waals surface area contributed by atoms with Gasteiger partial charge in [-0.1, -0.05) is 13.8 Å². The molecule has 8 nitrogen and oxygen atoms in total. The van der Waals surface area contributed by atoms with Crippen molar-refractivity contribution in [3.05, 3.63) is 12.3 Å². The van der Waals surface area contributed by atoms with Crippen molar-refractivity contribution < 1.29 is 13.2 Å². The van der Waals surface area contributed by atoms with Gasteiger partial charge in [-0.2, -0.15) is 4.98 Å². The lowest BCUT2D eigenvalue weighted by Crippen LogP contribution is -2.43. The van der Waals surface area contributed by atoms with Gasteiger partial charge in [-0.15, -0.1) is 0 Å². The predicted octanol–water partition coefficient (Wildman–Crippen LogP) is 1.44. The first kappa shape index (κ1) is 19.9. The quantitative estimate of drug-likeness (QED) is 0.564. The molecule has 9 heteroatoms. The third-order valence-corrected chi connectivity index (χ3v) is 4.74. The van der Waals surface area contributed by atoms with Gasteiger partial charge in [0, 0.05) is 25.9 Å². The molecule has 0 spiro atoms. The van der Waals surface area contributed by atoms with Crippen LogP contribution in [-0.4, -0.2) is 56.5 Å². The summed E-state index contributed by atoms with van der Waals surface area (Å²) in [7, 11) is -3.14. The molecular weight excluding hydrogens is 342 g/mol. The van der Waals surface area contributed by atoms with E-state index >= 15 is 0 Å². The van der Waals surface area contributed by atoms with E-state index in [0.717, 1.165) is 31.5 Å². The molecule has 0 bridgehead atoms. The molecule has 0 radical (unpaired) electrons. The Labute approximate surface area is 150 Å². The van der Waals surface area contributed by atoms with Crippen molar-refractivity contribution in [3.63, 3.8) is 0 Å². The summed E-state index contributed by atoms with van der Waals surface area (Å²) >= 11 is 0. The molecule has 0 aromatic carbocycles. The molecule has 0 aliphatic carbocycles. The fourth-order valence-corrected chi connectivity index (χ4v) is 3.39. The van der Waals surface area contributed by atoms with Crippen molar-refractivity contribution in [2.45, 2.75) is 45.3 Å². The normalized spacial score (nSPS) is 21.3. The van der Waals surface area contributed by atoms with E-state index in [9.17, 15) is 8.42 Å². The number of anilines is 2. The molecule has 2 rings (SSSR count). The maximum atomic E-state index is 11.0. The molecule has 142 valence electrons. The summed E-state index contributed by atoms with van der Waals surface area (Å²) in [6.07, 6.45) is 5.80. The van der Waals surface area contributed by atoms with Gasteiger partial charge in [0.25, 0.3) is 0 Å². The zero-order valence-corrected chi connectivity index (χ0v) is 16.0. The number of aromatic nitrogens is 2. The Balaban J connectivity index is 1.84. The summed E-state index contributed by atoms with van der Waals surface area (Å²) in [5.41, 5.74) is 0. The van der Waals surface area contributed by atoms with Crippen molar-refractivity contribution in [3.8, 4) is 0 Å². The van der Waals surface area contributed by atoms with Crippen LogP contribution in [0.2, 0.25) is 0 Å². The van der Waals surface area contributed by atoms with Crippen molar-refractivity contribution >= 4 is 21.8 Å². The molecule has 1 aromatic rings. The van der Waals surface area contributed by atoms with E-state index in [1.54, 1.807) is 6.20 Å². The van der Waals surface area contributed by atoms with Crippen LogP contribution in [0.25, 0.3) is 0 Å². The van der Waals surface area contributed by atoms with E-state index in [1.165, 1.54) is 0 Å². The van der Waals surface area contributed by atoms with E-state index < -0.39 is 10.0 Å². The Morgan fingerprint density at radius 1 is 1.36 bits per heavy atom. The van der Waals surface area contributed by atoms with Crippen LogP contribution < -0.4 is 15.4 Å². The average molecular weight is 372 g/mol. The topological polar surface area (TPSA) is 105 Å².